The molecular formula is C28H35NO5. The number of amides is 1. The smallest absolute Gasteiger partial charge is 0.410 e. The van der Waals surface area contributed by atoms with Crippen molar-refractivity contribution >= 4 is 27.6 Å². The van der Waals surface area contributed by atoms with Crippen LogP contribution in [0.4, 0.5) is 4.79 Å². The van der Waals surface area contributed by atoms with E-state index in [1.54, 1.807) is 21.3 Å². The zero-order chi connectivity index (χ0) is 24.5. The lowest BCUT2D eigenvalue weighted by molar-refractivity contribution is 0.00998. The average Bonchev–Trinajstić information content (AvgIpc) is 2.82. The van der Waals surface area contributed by atoms with Gasteiger partial charge in [-0.1, -0.05) is 12.1 Å². The third-order valence-corrected chi connectivity index (χ3v) is 6.46. The minimum atomic E-state index is -0.513. The predicted molar refractivity (Wildman–Crippen MR) is 135 cm³/mol. The average molecular weight is 466 g/mol. The fraction of sp³-hybridized carbons (Fsp3) is 0.464. The lowest BCUT2D eigenvalue weighted by Crippen LogP contribution is -2.47. The summed E-state index contributed by atoms with van der Waals surface area (Å²) in [7, 11) is 4.97. The molecule has 182 valence electrons. The van der Waals surface area contributed by atoms with Crippen molar-refractivity contribution in [3.63, 3.8) is 0 Å². The molecule has 1 aliphatic heterocycles. The molecule has 1 saturated heterocycles. The number of hydrogen-bond acceptors (Lipinski definition) is 5. The number of hydrogen-bond donors (Lipinski definition) is 0. The van der Waals surface area contributed by atoms with Gasteiger partial charge in [0.05, 0.1) is 21.3 Å². The molecule has 1 aliphatic rings. The van der Waals surface area contributed by atoms with Gasteiger partial charge in [-0.2, -0.15) is 0 Å². The Morgan fingerprint density at radius 1 is 0.912 bits per heavy atom. The summed E-state index contributed by atoms with van der Waals surface area (Å²) in [5, 5.41) is 4.37. The van der Waals surface area contributed by atoms with Crippen LogP contribution in [0.15, 0.2) is 36.4 Å². The molecule has 34 heavy (non-hydrogen) atoms. The van der Waals surface area contributed by atoms with Gasteiger partial charge in [0.15, 0.2) is 11.5 Å². The normalized spacial score (nSPS) is 16.5. The van der Waals surface area contributed by atoms with Gasteiger partial charge in [-0.15, -0.1) is 0 Å². The van der Waals surface area contributed by atoms with Gasteiger partial charge in [-0.05, 0) is 97.8 Å². The summed E-state index contributed by atoms with van der Waals surface area (Å²) in [5.41, 5.74) is 0.679. The molecule has 0 bridgehead atoms. The largest absolute Gasteiger partial charge is 0.497 e. The molecule has 0 radical (unpaired) electrons. The van der Waals surface area contributed by atoms with Gasteiger partial charge in [-0.25, -0.2) is 4.79 Å². The van der Waals surface area contributed by atoms with Crippen LogP contribution in [0.3, 0.4) is 0 Å². The van der Waals surface area contributed by atoms with Crippen molar-refractivity contribution < 1.29 is 23.7 Å². The van der Waals surface area contributed by atoms with E-state index in [-0.39, 0.29) is 12.1 Å². The van der Waals surface area contributed by atoms with Gasteiger partial charge in [0.1, 0.15) is 11.4 Å². The molecule has 0 saturated carbocycles. The summed E-state index contributed by atoms with van der Waals surface area (Å²) in [6.45, 7) is 6.46. The number of nitrogens with zero attached hydrogens (tertiary/aromatic N) is 1. The second-order valence-electron chi connectivity index (χ2n) is 9.90. The highest BCUT2D eigenvalue weighted by Gasteiger charge is 2.31. The Balaban J connectivity index is 1.81. The zero-order valence-corrected chi connectivity index (χ0v) is 21.1. The Morgan fingerprint density at radius 2 is 1.65 bits per heavy atom. The number of benzene rings is 3. The standard InChI is InChI=1S/C28H35NO5/c1-28(2,3)34-27(30)29-12-8-7-9-20(29)14-18-13-19-15-25(32-5)26(33-6)17-23(19)24-16-21(31-4)10-11-22(18)24/h10-11,13,15-17,20H,7-9,12,14H2,1-6H3. The molecular weight excluding hydrogens is 430 g/mol. The summed E-state index contributed by atoms with van der Waals surface area (Å²) >= 11 is 0. The van der Waals surface area contributed by atoms with Crippen molar-refractivity contribution in [1.82, 2.24) is 4.90 Å². The van der Waals surface area contributed by atoms with E-state index in [0.717, 1.165) is 59.5 Å². The Labute approximate surface area is 201 Å². The molecule has 1 amide bonds. The van der Waals surface area contributed by atoms with Crippen LogP contribution in [0.1, 0.15) is 45.6 Å². The van der Waals surface area contributed by atoms with Crippen molar-refractivity contribution in [1.29, 1.82) is 0 Å². The summed E-state index contributed by atoms with van der Waals surface area (Å²) in [6.07, 6.45) is 3.60. The lowest BCUT2D eigenvalue weighted by Gasteiger charge is -2.37. The first-order valence-corrected chi connectivity index (χ1v) is 11.9. The number of rotatable bonds is 5. The molecule has 1 fully saturated rings. The van der Waals surface area contributed by atoms with Crippen LogP contribution in [-0.2, 0) is 11.2 Å². The highest BCUT2D eigenvalue weighted by molar-refractivity contribution is 6.10. The van der Waals surface area contributed by atoms with Crippen LogP contribution in [0.5, 0.6) is 17.2 Å². The summed E-state index contributed by atoms with van der Waals surface area (Å²) in [4.78, 5) is 14.9. The maximum absolute atomic E-state index is 13.0. The van der Waals surface area contributed by atoms with Crippen LogP contribution >= 0.6 is 0 Å². The first kappa shape index (κ1) is 24.0. The van der Waals surface area contributed by atoms with E-state index in [9.17, 15) is 4.79 Å². The molecule has 6 nitrogen and oxygen atoms in total. The van der Waals surface area contributed by atoms with E-state index < -0.39 is 5.60 Å². The maximum atomic E-state index is 13.0. The van der Waals surface area contributed by atoms with Gasteiger partial charge in [0.25, 0.3) is 0 Å². The second-order valence-corrected chi connectivity index (χ2v) is 9.90. The van der Waals surface area contributed by atoms with Crippen molar-refractivity contribution in [2.45, 2.75) is 58.1 Å². The molecule has 0 N–H and O–H groups in total. The number of fused-ring (bicyclic) bond motifs is 3. The van der Waals surface area contributed by atoms with E-state index in [2.05, 4.69) is 18.2 Å². The highest BCUT2D eigenvalue weighted by Crippen LogP contribution is 2.39. The van der Waals surface area contributed by atoms with Crippen LogP contribution in [0.2, 0.25) is 0 Å². The highest BCUT2D eigenvalue weighted by atomic mass is 16.6. The zero-order valence-electron chi connectivity index (χ0n) is 21.1. The number of piperidine rings is 1. The third-order valence-electron chi connectivity index (χ3n) is 6.46. The first-order chi connectivity index (χ1) is 16.2. The van der Waals surface area contributed by atoms with Gasteiger partial charge in [0.2, 0.25) is 0 Å². The maximum Gasteiger partial charge on any atom is 0.410 e. The topological polar surface area (TPSA) is 57.2 Å². The van der Waals surface area contributed by atoms with Crippen LogP contribution in [0, 0.1) is 0 Å². The molecule has 4 rings (SSSR count). The number of ether oxygens (including phenoxy) is 4. The Bertz CT molecular complexity index is 1200. The number of likely N-dealkylation sites (tertiary alicyclic amines) is 1. The van der Waals surface area contributed by atoms with E-state index >= 15 is 0 Å². The quantitative estimate of drug-likeness (QED) is 0.411. The monoisotopic (exact) mass is 465 g/mol. The summed E-state index contributed by atoms with van der Waals surface area (Å²) in [5.74, 6) is 2.18. The number of carbonyl (C=O) groups is 1. The Hall–Kier alpha value is -3.15. The fourth-order valence-electron chi connectivity index (χ4n) is 4.86. The van der Waals surface area contributed by atoms with E-state index in [0.29, 0.717) is 11.5 Å². The molecule has 6 heteroatoms. The first-order valence-electron chi connectivity index (χ1n) is 11.9. The van der Waals surface area contributed by atoms with Crippen molar-refractivity contribution in [2.75, 3.05) is 27.9 Å². The molecule has 1 atom stereocenters. The van der Waals surface area contributed by atoms with Gasteiger partial charge >= 0.3 is 6.09 Å². The predicted octanol–water partition coefficient (Wildman–Crippen LogP) is 6.35. The van der Waals surface area contributed by atoms with Crippen LogP contribution < -0.4 is 14.2 Å². The summed E-state index contributed by atoms with van der Waals surface area (Å²) in [6, 6.07) is 12.5. The van der Waals surface area contributed by atoms with Crippen molar-refractivity contribution in [2.24, 2.45) is 0 Å². The minimum absolute atomic E-state index is 0.0893. The van der Waals surface area contributed by atoms with E-state index in [1.807, 2.05) is 43.9 Å². The molecule has 0 spiro atoms. The molecule has 3 aromatic carbocycles. The minimum Gasteiger partial charge on any atom is -0.497 e. The van der Waals surface area contributed by atoms with Crippen molar-refractivity contribution in [3.8, 4) is 17.2 Å². The van der Waals surface area contributed by atoms with Gasteiger partial charge in [0, 0.05) is 12.6 Å². The number of carbonyl (C=O) groups excluding carboxylic acids is 1. The molecule has 1 heterocycles. The second kappa shape index (κ2) is 9.61. The van der Waals surface area contributed by atoms with E-state index in [4.69, 9.17) is 18.9 Å². The Morgan fingerprint density at radius 3 is 2.32 bits per heavy atom. The van der Waals surface area contributed by atoms with E-state index in [1.165, 1.54) is 5.56 Å². The number of methoxy groups -OCH3 is 3. The van der Waals surface area contributed by atoms with Crippen LogP contribution in [0.25, 0.3) is 21.5 Å². The van der Waals surface area contributed by atoms with Crippen LogP contribution in [-0.4, -0.2) is 50.5 Å². The molecule has 1 unspecified atom stereocenters. The molecule has 3 aromatic rings. The van der Waals surface area contributed by atoms with Gasteiger partial charge < -0.3 is 23.8 Å². The van der Waals surface area contributed by atoms with Gasteiger partial charge in [-0.3, -0.25) is 0 Å². The Kier molecular flexibility index (Phi) is 6.78. The molecule has 0 aliphatic carbocycles. The molecule has 0 aromatic heterocycles. The third kappa shape index (κ3) is 4.86. The van der Waals surface area contributed by atoms with Crippen molar-refractivity contribution in [3.05, 3.63) is 42.0 Å². The SMILES string of the molecule is COc1ccc2c(CC3CCCCN3C(=O)OC(C)(C)C)cc3cc(OC)c(OC)cc3c2c1. The lowest BCUT2D eigenvalue weighted by atomic mass is 9.90. The fourth-order valence-corrected chi connectivity index (χ4v) is 4.86. The summed E-state index contributed by atoms with van der Waals surface area (Å²) < 4.78 is 22.4.